The average Bonchev–Trinajstić information content (AvgIpc) is 2.97. The number of benzene rings is 1. The lowest BCUT2D eigenvalue weighted by molar-refractivity contribution is 0.0734. The van der Waals surface area contributed by atoms with Crippen molar-refractivity contribution in [2.45, 2.75) is 26.7 Å². The van der Waals surface area contributed by atoms with E-state index < -0.39 is 0 Å². The number of halogens is 1. The molecule has 8 nitrogen and oxygen atoms in total. The Labute approximate surface area is 203 Å². The van der Waals surface area contributed by atoms with E-state index >= 15 is 0 Å². The predicted octanol–water partition coefficient (Wildman–Crippen LogP) is 3.55. The molecule has 1 aliphatic rings. The van der Waals surface area contributed by atoms with E-state index in [1.165, 1.54) is 0 Å². The second kappa shape index (κ2) is 17.3. The van der Waals surface area contributed by atoms with E-state index in [0.29, 0.717) is 64.6 Å². The number of aliphatic imine (C=N–C) groups is 1. The number of methoxy groups -OCH3 is 1. The molecule has 2 rings (SSSR count). The summed E-state index contributed by atoms with van der Waals surface area (Å²) < 4.78 is 27.6. The first-order valence-electron chi connectivity index (χ1n) is 10.8. The zero-order valence-electron chi connectivity index (χ0n) is 19.0. The molecule has 0 saturated carbocycles. The van der Waals surface area contributed by atoms with Gasteiger partial charge in [-0.3, -0.25) is 4.99 Å². The number of guanidine groups is 1. The quantitative estimate of drug-likeness (QED) is 0.168. The first-order chi connectivity index (χ1) is 14.7. The van der Waals surface area contributed by atoms with Crippen LogP contribution in [0.15, 0.2) is 23.2 Å². The number of fused-ring (bicyclic) bond motifs is 1. The maximum absolute atomic E-state index is 5.78. The minimum absolute atomic E-state index is 0. The molecule has 2 N–H and O–H groups in total. The maximum atomic E-state index is 5.78. The Morgan fingerprint density at radius 3 is 2.65 bits per heavy atom. The molecule has 0 unspecified atom stereocenters. The first-order valence-corrected chi connectivity index (χ1v) is 10.8. The summed E-state index contributed by atoms with van der Waals surface area (Å²) in [5.74, 6) is 2.77. The van der Waals surface area contributed by atoms with Crippen LogP contribution >= 0.6 is 24.0 Å². The molecule has 1 aromatic rings. The summed E-state index contributed by atoms with van der Waals surface area (Å²) in [5.41, 5.74) is 0.891. The highest BCUT2D eigenvalue weighted by molar-refractivity contribution is 14.0. The largest absolute Gasteiger partial charge is 0.490 e. The molecule has 1 heterocycles. The normalized spacial score (nSPS) is 13.5. The molecule has 178 valence electrons. The van der Waals surface area contributed by atoms with E-state index in [0.717, 1.165) is 36.6 Å². The number of hydrogen-bond donors (Lipinski definition) is 2. The van der Waals surface area contributed by atoms with Crippen LogP contribution in [0.3, 0.4) is 0 Å². The van der Waals surface area contributed by atoms with E-state index in [9.17, 15) is 0 Å². The molecule has 0 atom stereocenters. The van der Waals surface area contributed by atoms with E-state index in [2.05, 4.69) is 29.5 Å². The highest BCUT2D eigenvalue weighted by Gasteiger charge is 2.11. The predicted molar refractivity (Wildman–Crippen MR) is 134 cm³/mol. The SMILES string of the molecule is COCCOCCNC(=NCCCOCC(C)C)Nc1ccc2c(c1)OCCCO2.I. The molecule has 9 heteroatoms. The second-order valence-corrected chi connectivity index (χ2v) is 7.42. The number of nitrogens with zero attached hydrogens (tertiary/aromatic N) is 1. The highest BCUT2D eigenvalue weighted by atomic mass is 127. The highest BCUT2D eigenvalue weighted by Crippen LogP contribution is 2.32. The lowest BCUT2D eigenvalue weighted by Gasteiger charge is -2.15. The van der Waals surface area contributed by atoms with Gasteiger partial charge < -0.3 is 34.3 Å². The van der Waals surface area contributed by atoms with Crippen molar-refractivity contribution in [3.63, 3.8) is 0 Å². The van der Waals surface area contributed by atoms with Crippen molar-refractivity contribution in [1.82, 2.24) is 5.32 Å². The van der Waals surface area contributed by atoms with E-state index in [-0.39, 0.29) is 24.0 Å². The van der Waals surface area contributed by atoms with Crippen molar-refractivity contribution in [3.05, 3.63) is 18.2 Å². The Kier molecular flexibility index (Phi) is 15.5. The summed E-state index contributed by atoms with van der Waals surface area (Å²) >= 11 is 0. The molecule has 31 heavy (non-hydrogen) atoms. The number of ether oxygens (including phenoxy) is 5. The Morgan fingerprint density at radius 1 is 1.06 bits per heavy atom. The summed E-state index contributed by atoms with van der Waals surface area (Å²) in [6.45, 7) is 10.2. The van der Waals surface area contributed by atoms with Crippen molar-refractivity contribution in [1.29, 1.82) is 0 Å². The molecule has 0 saturated heterocycles. The molecule has 1 aromatic carbocycles. The molecular weight excluding hydrogens is 513 g/mol. The molecule has 0 amide bonds. The lowest BCUT2D eigenvalue weighted by Crippen LogP contribution is -2.34. The van der Waals surface area contributed by atoms with Gasteiger partial charge in [0.05, 0.1) is 33.0 Å². The van der Waals surface area contributed by atoms with Crippen LogP contribution < -0.4 is 20.1 Å². The van der Waals surface area contributed by atoms with Gasteiger partial charge in [0.15, 0.2) is 17.5 Å². The Bertz CT molecular complexity index is 631. The van der Waals surface area contributed by atoms with Gasteiger partial charge in [-0.1, -0.05) is 13.8 Å². The van der Waals surface area contributed by atoms with Crippen LogP contribution in [0.5, 0.6) is 11.5 Å². The number of hydrogen-bond acceptors (Lipinski definition) is 6. The monoisotopic (exact) mass is 551 g/mol. The van der Waals surface area contributed by atoms with Gasteiger partial charge in [-0.15, -0.1) is 24.0 Å². The van der Waals surface area contributed by atoms with Crippen LogP contribution in [0.1, 0.15) is 26.7 Å². The summed E-state index contributed by atoms with van der Waals surface area (Å²) in [5, 5.41) is 6.65. The summed E-state index contributed by atoms with van der Waals surface area (Å²) in [6.07, 6.45) is 1.75. The van der Waals surface area contributed by atoms with Crippen LogP contribution in [0.25, 0.3) is 0 Å². The van der Waals surface area contributed by atoms with E-state index in [1.54, 1.807) is 7.11 Å². The summed E-state index contributed by atoms with van der Waals surface area (Å²) in [7, 11) is 1.66. The molecule has 0 fully saturated rings. The molecular formula is C22H38IN3O5. The van der Waals surface area contributed by atoms with Gasteiger partial charge in [-0.2, -0.15) is 0 Å². The number of nitrogens with one attached hydrogen (secondary N) is 2. The van der Waals surface area contributed by atoms with Crippen molar-refractivity contribution in [3.8, 4) is 11.5 Å². The standard InChI is InChI=1S/C22H37N3O5.HI/c1-18(2)17-28-10-4-8-23-22(24-9-13-27-15-14-26-3)25-19-6-7-20-21(16-19)30-12-5-11-29-20;/h6-7,16,18H,4-5,8-15,17H2,1-3H3,(H2,23,24,25);1H. The third-order valence-electron chi connectivity index (χ3n) is 4.15. The number of rotatable bonds is 13. The van der Waals surface area contributed by atoms with E-state index in [4.69, 9.17) is 23.7 Å². The molecule has 0 bridgehead atoms. The van der Waals surface area contributed by atoms with Crippen LogP contribution in [0.4, 0.5) is 5.69 Å². The van der Waals surface area contributed by atoms with Gasteiger partial charge in [0, 0.05) is 51.6 Å². The fourth-order valence-electron chi connectivity index (χ4n) is 2.68. The van der Waals surface area contributed by atoms with Crippen molar-refractivity contribution < 1.29 is 23.7 Å². The Hall–Kier alpha value is -1.30. The third kappa shape index (κ3) is 12.4. The first kappa shape index (κ1) is 27.7. The summed E-state index contributed by atoms with van der Waals surface area (Å²) in [6, 6.07) is 5.83. The molecule has 0 radical (unpaired) electrons. The van der Waals surface area contributed by atoms with Crippen LogP contribution in [-0.4, -0.2) is 72.4 Å². The smallest absolute Gasteiger partial charge is 0.195 e. The van der Waals surface area contributed by atoms with Gasteiger partial charge in [-0.25, -0.2) is 0 Å². The van der Waals surface area contributed by atoms with E-state index in [1.807, 2.05) is 18.2 Å². The second-order valence-electron chi connectivity index (χ2n) is 7.42. The van der Waals surface area contributed by atoms with Crippen molar-refractivity contribution >= 4 is 35.6 Å². The maximum Gasteiger partial charge on any atom is 0.195 e. The van der Waals surface area contributed by atoms with Crippen molar-refractivity contribution in [2.75, 3.05) is 71.8 Å². The Morgan fingerprint density at radius 2 is 1.87 bits per heavy atom. The third-order valence-corrected chi connectivity index (χ3v) is 4.15. The minimum atomic E-state index is 0. The van der Waals surface area contributed by atoms with Gasteiger partial charge in [0.1, 0.15) is 0 Å². The topological polar surface area (TPSA) is 82.6 Å². The molecule has 0 aliphatic carbocycles. The minimum Gasteiger partial charge on any atom is -0.490 e. The lowest BCUT2D eigenvalue weighted by atomic mass is 10.2. The average molecular weight is 551 g/mol. The fourth-order valence-corrected chi connectivity index (χ4v) is 2.68. The zero-order valence-corrected chi connectivity index (χ0v) is 21.3. The Balaban J connectivity index is 0.00000480. The summed E-state index contributed by atoms with van der Waals surface area (Å²) in [4.78, 5) is 4.66. The van der Waals surface area contributed by atoms with Crippen molar-refractivity contribution in [2.24, 2.45) is 10.9 Å². The van der Waals surface area contributed by atoms with Gasteiger partial charge in [0.25, 0.3) is 0 Å². The van der Waals surface area contributed by atoms with Gasteiger partial charge in [-0.05, 0) is 24.5 Å². The zero-order chi connectivity index (χ0) is 21.4. The fraction of sp³-hybridized carbons (Fsp3) is 0.682. The molecule has 1 aliphatic heterocycles. The van der Waals surface area contributed by atoms with Gasteiger partial charge >= 0.3 is 0 Å². The van der Waals surface area contributed by atoms with Crippen LogP contribution in [0, 0.1) is 5.92 Å². The molecule has 0 spiro atoms. The molecule has 0 aromatic heterocycles. The number of anilines is 1. The van der Waals surface area contributed by atoms with Crippen LogP contribution in [0.2, 0.25) is 0 Å². The van der Waals surface area contributed by atoms with Gasteiger partial charge in [0.2, 0.25) is 0 Å². The van der Waals surface area contributed by atoms with Crippen LogP contribution in [-0.2, 0) is 14.2 Å².